The van der Waals surface area contributed by atoms with E-state index in [9.17, 15) is 9.18 Å². The maximum atomic E-state index is 13.4. The Hall–Kier alpha value is -3.92. The number of halogens is 2. The maximum absolute atomic E-state index is 13.4. The van der Waals surface area contributed by atoms with Gasteiger partial charge >= 0.3 is 0 Å². The van der Waals surface area contributed by atoms with Gasteiger partial charge < -0.3 is 19.3 Å². The summed E-state index contributed by atoms with van der Waals surface area (Å²) in [6.07, 6.45) is 1.69. The molecule has 34 heavy (non-hydrogen) atoms. The van der Waals surface area contributed by atoms with Crippen LogP contribution >= 0.6 is 11.6 Å². The Kier molecular flexibility index (Phi) is 4.95. The number of benzene rings is 2. The topological polar surface area (TPSA) is 85.1 Å². The molecular weight excluding hydrogens is 463 g/mol. The maximum Gasteiger partial charge on any atom is 0.254 e. The third kappa shape index (κ3) is 3.56. The molecule has 9 nitrogen and oxygen atoms in total. The number of piperazine rings is 1. The fourth-order valence-electron chi connectivity index (χ4n) is 4.11. The van der Waals surface area contributed by atoms with Crippen LogP contribution in [0, 0.1) is 5.82 Å². The van der Waals surface area contributed by atoms with Gasteiger partial charge in [0.15, 0.2) is 11.5 Å². The van der Waals surface area contributed by atoms with Crippen molar-refractivity contribution in [3.63, 3.8) is 0 Å². The van der Waals surface area contributed by atoms with Gasteiger partial charge in [0.1, 0.15) is 5.82 Å². The van der Waals surface area contributed by atoms with Crippen LogP contribution in [0.25, 0.3) is 17.0 Å². The van der Waals surface area contributed by atoms with E-state index in [-0.39, 0.29) is 17.7 Å². The zero-order chi connectivity index (χ0) is 23.2. The molecule has 1 saturated heterocycles. The number of anilines is 1. The Morgan fingerprint density at radius 3 is 2.65 bits per heavy atom. The van der Waals surface area contributed by atoms with Crippen molar-refractivity contribution in [2.24, 2.45) is 0 Å². The molecule has 0 aliphatic carbocycles. The molecule has 0 N–H and O–H groups in total. The van der Waals surface area contributed by atoms with Crippen LogP contribution in [0.15, 0.2) is 48.7 Å². The average Bonchev–Trinajstić information content (AvgIpc) is 3.52. The molecule has 2 aliphatic rings. The summed E-state index contributed by atoms with van der Waals surface area (Å²) in [5, 5.41) is 4.62. The molecule has 11 heteroatoms. The van der Waals surface area contributed by atoms with Gasteiger partial charge in [-0.05, 0) is 42.5 Å². The molecule has 1 fully saturated rings. The lowest BCUT2D eigenvalue weighted by molar-refractivity contribution is 0.0746. The standard InChI is InChI=1S/C23H18ClFN6O3/c24-16-11-15(1-3-17(16)25)21(32)29-7-9-30(10-8-29)23-27-22-26-6-5-18(31(22)28-23)14-2-4-19-20(12-14)34-13-33-19/h1-6,11-12H,7-10,13H2. The lowest BCUT2D eigenvalue weighted by atomic mass is 10.1. The number of aromatic nitrogens is 4. The smallest absolute Gasteiger partial charge is 0.254 e. The van der Waals surface area contributed by atoms with E-state index in [1.165, 1.54) is 18.2 Å². The third-order valence-electron chi connectivity index (χ3n) is 5.91. The largest absolute Gasteiger partial charge is 0.454 e. The minimum absolute atomic E-state index is 0.0656. The van der Waals surface area contributed by atoms with Gasteiger partial charge in [-0.2, -0.15) is 9.50 Å². The minimum Gasteiger partial charge on any atom is -0.454 e. The highest BCUT2D eigenvalue weighted by molar-refractivity contribution is 6.31. The fraction of sp³-hybridized carbons (Fsp3) is 0.217. The van der Waals surface area contributed by atoms with E-state index in [2.05, 4.69) is 15.1 Å². The van der Waals surface area contributed by atoms with Crippen molar-refractivity contribution in [2.75, 3.05) is 37.9 Å². The second kappa shape index (κ2) is 8.14. The number of fused-ring (bicyclic) bond motifs is 2. The zero-order valence-corrected chi connectivity index (χ0v) is 18.6. The first-order chi connectivity index (χ1) is 16.6. The van der Waals surface area contributed by atoms with Gasteiger partial charge in [-0.25, -0.2) is 9.37 Å². The van der Waals surface area contributed by atoms with Crippen molar-refractivity contribution in [1.29, 1.82) is 0 Å². The molecular formula is C23H18ClFN6O3. The van der Waals surface area contributed by atoms with Gasteiger partial charge in [0.25, 0.3) is 11.7 Å². The Labute approximate surface area is 198 Å². The molecule has 6 rings (SSSR count). The molecule has 2 aliphatic heterocycles. The van der Waals surface area contributed by atoms with Crippen molar-refractivity contribution in [1.82, 2.24) is 24.5 Å². The first-order valence-corrected chi connectivity index (χ1v) is 11.1. The van der Waals surface area contributed by atoms with Gasteiger partial charge in [-0.15, -0.1) is 5.10 Å². The van der Waals surface area contributed by atoms with Crippen molar-refractivity contribution in [3.8, 4) is 22.8 Å². The highest BCUT2D eigenvalue weighted by Crippen LogP contribution is 2.35. The second-order valence-electron chi connectivity index (χ2n) is 7.93. The van der Waals surface area contributed by atoms with E-state index in [0.717, 1.165) is 11.3 Å². The normalized spacial score (nSPS) is 15.2. The molecule has 0 bridgehead atoms. The lowest BCUT2D eigenvalue weighted by Crippen LogP contribution is -2.49. The van der Waals surface area contributed by atoms with Crippen molar-refractivity contribution < 1.29 is 18.7 Å². The SMILES string of the molecule is O=C(c1ccc(F)c(Cl)c1)N1CCN(c2nc3nccc(-c4ccc5c(c4)OCO5)n3n2)CC1. The highest BCUT2D eigenvalue weighted by atomic mass is 35.5. The predicted octanol–water partition coefficient (Wildman–Crippen LogP) is 3.27. The monoisotopic (exact) mass is 480 g/mol. The predicted molar refractivity (Wildman–Crippen MR) is 122 cm³/mol. The first kappa shape index (κ1) is 20.7. The summed E-state index contributed by atoms with van der Waals surface area (Å²) in [5.41, 5.74) is 2.09. The van der Waals surface area contributed by atoms with Gasteiger partial charge in [0, 0.05) is 43.5 Å². The molecule has 4 aromatic rings. The van der Waals surface area contributed by atoms with Crippen LogP contribution < -0.4 is 14.4 Å². The summed E-state index contributed by atoms with van der Waals surface area (Å²) in [5.74, 6) is 1.68. The molecule has 0 saturated carbocycles. The number of amides is 1. The third-order valence-corrected chi connectivity index (χ3v) is 6.20. The van der Waals surface area contributed by atoms with Gasteiger partial charge in [-0.1, -0.05) is 11.6 Å². The first-order valence-electron chi connectivity index (χ1n) is 10.7. The van der Waals surface area contributed by atoms with Crippen molar-refractivity contribution in [3.05, 3.63) is 65.1 Å². The number of carbonyl (C=O) groups is 1. The quantitative estimate of drug-likeness (QED) is 0.445. The molecule has 172 valence electrons. The van der Waals surface area contributed by atoms with E-state index in [0.29, 0.717) is 55.0 Å². The van der Waals surface area contributed by atoms with Crippen LogP contribution in [0.2, 0.25) is 5.02 Å². The Morgan fingerprint density at radius 1 is 1.00 bits per heavy atom. The number of hydrogen-bond donors (Lipinski definition) is 0. The molecule has 2 aromatic carbocycles. The number of carbonyl (C=O) groups excluding carboxylic acids is 1. The van der Waals surface area contributed by atoms with Gasteiger partial charge in [-0.3, -0.25) is 4.79 Å². The second-order valence-corrected chi connectivity index (χ2v) is 8.34. The molecule has 2 aromatic heterocycles. The fourth-order valence-corrected chi connectivity index (χ4v) is 4.29. The zero-order valence-electron chi connectivity index (χ0n) is 17.8. The van der Waals surface area contributed by atoms with E-state index >= 15 is 0 Å². The molecule has 1 amide bonds. The van der Waals surface area contributed by atoms with Gasteiger partial charge in [0.05, 0.1) is 10.7 Å². The van der Waals surface area contributed by atoms with Crippen molar-refractivity contribution in [2.45, 2.75) is 0 Å². The lowest BCUT2D eigenvalue weighted by Gasteiger charge is -2.34. The van der Waals surface area contributed by atoms with Crippen LogP contribution in [0.5, 0.6) is 11.5 Å². The summed E-state index contributed by atoms with van der Waals surface area (Å²) in [6.45, 7) is 2.27. The van der Waals surface area contributed by atoms with Crippen LogP contribution in [0.3, 0.4) is 0 Å². The van der Waals surface area contributed by atoms with Gasteiger partial charge in [0.2, 0.25) is 12.7 Å². The molecule has 0 radical (unpaired) electrons. The molecule has 0 unspecified atom stereocenters. The number of nitrogens with zero attached hydrogens (tertiary/aromatic N) is 6. The summed E-state index contributed by atoms with van der Waals surface area (Å²) in [7, 11) is 0. The number of rotatable bonds is 3. The molecule has 4 heterocycles. The summed E-state index contributed by atoms with van der Waals surface area (Å²) < 4.78 is 26.0. The summed E-state index contributed by atoms with van der Waals surface area (Å²) in [6, 6.07) is 11.6. The average molecular weight is 481 g/mol. The van der Waals surface area contributed by atoms with Crippen LogP contribution in [-0.2, 0) is 0 Å². The van der Waals surface area contributed by atoms with Crippen LogP contribution in [0.1, 0.15) is 10.4 Å². The van der Waals surface area contributed by atoms with E-state index in [1.54, 1.807) is 15.6 Å². The van der Waals surface area contributed by atoms with Crippen molar-refractivity contribution >= 4 is 29.2 Å². The molecule has 0 atom stereocenters. The Balaban J connectivity index is 1.21. The van der Waals surface area contributed by atoms with Crippen LogP contribution in [-0.4, -0.2) is 63.4 Å². The van der Waals surface area contributed by atoms with Crippen LogP contribution in [0.4, 0.5) is 10.3 Å². The molecule has 0 spiro atoms. The van der Waals surface area contributed by atoms with E-state index in [1.807, 2.05) is 29.2 Å². The number of hydrogen-bond acceptors (Lipinski definition) is 7. The Bertz CT molecular complexity index is 1420. The van der Waals surface area contributed by atoms with E-state index in [4.69, 9.17) is 21.1 Å². The summed E-state index contributed by atoms with van der Waals surface area (Å²) >= 11 is 5.83. The minimum atomic E-state index is -0.547. The number of ether oxygens (including phenoxy) is 2. The Morgan fingerprint density at radius 2 is 1.82 bits per heavy atom. The van der Waals surface area contributed by atoms with E-state index < -0.39 is 5.82 Å². The summed E-state index contributed by atoms with van der Waals surface area (Å²) in [4.78, 5) is 25.5. The highest BCUT2D eigenvalue weighted by Gasteiger charge is 2.25.